The van der Waals surface area contributed by atoms with Gasteiger partial charge in [-0.15, -0.1) is 0 Å². The maximum Gasteiger partial charge on any atom is 0.249 e. The molecule has 0 aliphatic carbocycles. The number of ether oxygens (including phenoxy) is 4. The summed E-state index contributed by atoms with van der Waals surface area (Å²) in [5.74, 6) is 2.14. The number of hydrogen-bond donors (Lipinski definition) is 1. The Morgan fingerprint density at radius 1 is 0.788 bits per heavy atom. The van der Waals surface area contributed by atoms with Crippen LogP contribution >= 0.6 is 0 Å². The molecule has 0 spiro atoms. The van der Waals surface area contributed by atoms with Gasteiger partial charge in [0.1, 0.15) is 23.4 Å². The van der Waals surface area contributed by atoms with Crippen molar-refractivity contribution in [2.24, 2.45) is 0 Å². The molecule has 0 aliphatic rings. The van der Waals surface area contributed by atoms with Gasteiger partial charge in [0.05, 0.1) is 34.0 Å². The first kappa shape index (κ1) is 24.1. The number of benzene rings is 3. The van der Waals surface area contributed by atoms with Crippen LogP contribution in [0, 0.1) is 0 Å². The number of hydrogen-bond acceptors (Lipinski definition) is 5. The molecule has 6 heteroatoms. The Bertz CT molecular complexity index is 1020. The monoisotopic (exact) mass is 449 g/mol. The normalized spacial score (nSPS) is 12.5. The third kappa shape index (κ3) is 6.99. The van der Waals surface area contributed by atoms with Crippen molar-refractivity contribution in [3.8, 4) is 17.2 Å². The van der Waals surface area contributed by atoms with Gasteiger partial charge in [0, 0.05) is 0 Å². The zero-order valence-corrected chi connectivity index (χ0v) is 19.5. The van der Waals surface area contributed by atoms with Crippen molar-refractivity contribution in [2.75, 3.05) is 21.3 Å². The van der Waals surface area contributed by atoms with E-state index in [-0.39, 0.29) is 11.9 Å². The molecule has 0 radical (unpaired) electrons. The second kappa shape index (κ2) is 11.9. The molecule has 33 heavy (non-hydrogen) atoms. The first-order valence-electron chi connectivity index (χ1n) is 10.8. The summed E-state index contributed by atoms with van der Waals surface area (Å²) < 4.78 is 21.6. The molecule has 1 N–H and O–H groups in total. The van der Waals surface area contributed by atoms with Gasteiger partial charge in [0.2, 0.25) is 5.91 Å². The zero-order chi connectivity index (χ0) is 23.6. The average molecular weight is 450 g/mol. The minimum Gasteiger partial charge on any atom is -0.497 e. The van der Waals surface area contributed by atoms with Gasteiger partial charge in [-0.25, -0.2) is 0 Å². The summed E-state index contributed by atoms with van der Waals surface area (Å²) in [6.07, 6.45) is 0.0119. The van der Waals surface area contributed by atoms with Gasteiger partial charge in [0.15, 0.2) is 0 Å². The number of amides is 1. The summed E-state index contributed by atoms with van der Waals surface area (Å²) in [4.78, 5) is 13.0. The molecule has 0 aromatic heterocycles. The van der Waals surface area contributed by atoms with Crippen LogP contribution in [0.2, 0.25) is 0 Å². The molecule has 0 fully saturated rings. The van der Waals surface area contributed by atoms with Crippen molar-refractivity contribution in [1.29, 1.82) is 0 Å². The van der Waals surface area contributed by atoms with E-state index in [1.807, 2.05) is 72.8 Å². The van der Waals surface area contributed by atoms with Gasteiger partial charge in [-0.1, -0.05) is 36.4 Å². The van der Waals surface area contributed by atoms with Crippen LogP contribution in [-0.4, -0.2) is 33.3 Å². The first-order chi connectivity index (χ1) is 16.0. The van der Waals surface area contributed by atoms with Gasteiger partial charge >= 0.3 is 0 Å². The van der Waals surface area contributed by atoms with Crippen molar-refractivity contribution < 1.29 is 23.7 Å². The predicted molar refractivity (Wildman–Crippen MR) is 128 cm³/mol. The molecule has 174 valence electrons. The molecular formula is C27H31NO5. The van der Waals surface area contributed by atoms with E-state index in [2.05, 4.69) is 5.32 Å². The zero-order valence-electron chi connectivity index (χ0n) is 19.5. The van der Waals surface area contributed by atoms with Crippen LogP contribution in [0.3, 0.4) is 0 Å². The SMILES string of the molecule is COc1ccc(CC(NC(=O)C(C)OCc2cccc(OC)c2)c2ccc(OC)cc2)cc1. The van der Waals surface area contributed by atoms with E-state index in [0.717, 1.165) is 33.9 Å². The Morgan fingerprint density at radius 2 is 1.39 bits per heavy atom. The van der Waals surface area contributed by atoms with Crippen molar-refractivity contribution in [3.63, 3.8) is 0 Å². The van der Waals surface area contributed by atoms with Crippen molar-refractivity contribution in [2.45, 2.75) is 32.1 Å². The van der Waals surface area contributed by atoms with Crippen molar-refractivity contribution >= 4 is 5.91 Å². The summed E-state index contributed by atoms with van der Waals surface area (Å²) in [6, 6.07) is 23.0. The summed E-state index contributed by atoms with van der Waals surface area (Å²) in [6.45, 7) is 2.07. The summed E-state index contributed by atoms with van der Waals surface area (Å²) in [5.41, 5.74) is 3.01. The molecule has 3 aromatic carbocycles. The number of methoxy groups -OCH3 is 3. The minimum atomic E-state index is -0.618. The minimum absolute atomic E-state index is 0.174. The number of rotatable bonds is 11. The van der Waals surface area contributed by atoms with Crippen LogP contribution in [0.1, 0.15) is 29.7 Å². The Labute approximate surface area is 195 Å². The van der Waals surface area contributed by atoms with E-state index in [0.29, 0.717) is 13.0 Å². The lowest BCUT2D eigenvalue weighted by Crippen LogP contribution is -2.37. The van der Waals surface area contributed by atoms with E-state index in [1.165, 1.54) is 0 Å². The largest absolute Gasteiger partial charge is 0.497 e. The maximum absolute atomic E-state index is 13.0. The lowest BCUT2D eigenvalue weighted by Gasteiger charge is -2.22. The molecule has 3 aromatic rings. The fourth-order valence-electron chi connectivity index (χ4n) is 3.43. The molecule has 0 saturated carbocycles. The lowest BCUT2D eigenvalue weighted by atomic mass is 9.98. The molecule has 3 rings (SSSR count). The van der Waals surface area contributed by atoms with Gasteiger partial charge < -0.3 is 24.3 Å². The van der Waals surface area contributed by atoms with Crippen molar-refractivity contribution in [3.05, 3.63) is 89.5 Å². The molecule has 1 amide bonds. The molecule has 2 unspecified atom stereocenters. The highest BCUT2D eigenvalue weighted by Crippen LogP contribution is 2.23. The fraction of sp³-hybridized carbons (Fsp3) is 0.296. The van der Waals surface area contributed by atoms with Gasteiger partial charge in [-0.2, -0.15) is 0 Å². The summed E-state index contributed by atoms with van der Waals surface area (Å²) in [5, 5.41) is 3.15. The Balaban J connectivity index is 1.69. The van der Waals surface area contributed by atoms with Crippen LogP contribution in [0.25, 0.3) is 0 Å². The molecule has 0 saturated heterocycles. The number of carbonyl (C=O) groups excluding carboxylic acids is 1. The van der Waals surface area contributed by atoms with Gasteiger partial charge in [-0.05, 0) is 66.4 Å². The highest BCUT2D eigenvalue weighted by molar-refractivity contribution is 5.80. The van der Waals surface area contributed by atoms with E-state index < -0.39 is 6.10 Å². The van der Waals surface area contributed by atoms with E-state index in [9.17, 15) is 4.79 Å². The Hall–Kier alpha value is -3.51. The first-order valence-corrected chi connectivity index (χ1v) is 10.8. The maximum atomic E-state index is 13.0. The summed E-state index contributed by atoms with van der Waals surface area (Å²) >= 11 is 0. The molecular weight excluding hydrogens is 418 g/mol. The molecule has 2 atom stereocenters. The molecule has 6 nitrogen and oxygen atoms in total. The third-order valence-electron chi connectivity index (χ3n) is 5.44. The van der Waals surface area contributed by atoms with Crippen LogP contribution in [0.5, 0.6) is 17.2 Å². The highest BCUT2D eigenvalue weighted by Gasteiger charge is 2.20. The second-order valence-electron chi connectivity index (χ2n) is 7.69. The number of carbonyl (C=O) groups is 1. The van der Waals surface area contributed by atoms with Crippen LogP contribution in [0.15, 0.2) is 72.8 Å². The quantitative estimate of drug-likeness (QED) is 0.459. The van der Waals surface area contributed by atoms with E-state index in [1.54, 1.807) is 28.3 Å². The Morgan fingerprint density at radius 3 is 2.00 bits per heavy atom. The molecule has 0 aliphatic heterocycles. The molecule has 0 heterocycles. The van der Waals surface area contributed by atoms with Crippen LogP contribution in [-0.2, 0) is 22.6 Å². The third-order valence-corrected chi connectivity index (χ3v) is 5.44. The van der Waals surface area contributed by atoms with Crippen molar-refractivity contribution in [1.82, 2.24) is 5.32 Å². The van der Waals surface area contributed by atoms with Gasteiger partial charge in [0.25, 0.3) is 0 Å². The van der Waals surface area contributed by atoms with Gasteiger partial charge in [-0.3, -0.25) is 4.79 Å². The predicted octanol–water partition coefficient (Wildman–Crippen LogP) is 4.72. The number of nitrogens with one attached hydrogen (secondary N) is 1. The van der Waals surface area contributed by atoms with Crippen LogP contribution < -0.4 is 19.5 Å². The fourth-order valence-corrected chi connectivity index (χ4v) is 3.43. The summed E-state index contributed by atoms with van der Waals surface area (Å²) in [7, 11) is 4.90. The molecule has 0 bridgehead atoms. The average Bonchev–Trinajstić information content (AvgIpc) is 2.87. The Kier molecular flexibility index (Phi) is 8.72. The van der Waals surface area contributed by atoms with E-state index in [4.69, 9.17) is 18.9 Å². The second-order valence-corrected chi connectivity index (χ2v) is 7.69. The topological polar surface area (TPSA) is 66.0 Å². The smallest absolute Gasteiger partial charge is 0.249 e. The lowest BCUT2D eigenvalue weighted by molar-refractivity contribution is -0.133. The highest BCUT2D eigenvalue weighted by atomic mass is 16.5. The van der Waals surface area contributed by atoms with E-state index >= 15 is 0 Å². The van der Waals surface area contributed by atoms with Crippen LogP contribution in [0.4, 0.5) is 0 Å². The standard InChI is InChI=1S/C27H31NO5/c1-19(33-18-21-6-5-7-25(16-21)32-4)27(29)28-26(22-10-14-24(31-3)15-11-22)17-20-8-12-23(30-2)13-9-20/h5-16,19,26H,17-18H2,1-4H3,(H,28,29).